The molecule has 0 bridgehead atoms. The molecular weight excluding hydrogens is 160 g/mol. The maximum absolute atomic E-state index is 5.38. The molecule has 0 atom stereocenters. The third-order valence-corrected chi connectivity index (χ3v) is 2.41. The van der Waals surface area contributed by atoms with E-state index in [1.807, 2.05) is 0 Å². The molecule has 0 saturated carbocycles. The zero-order chi connectivity index (χ0) is 9.84. The molecule has 0 heterocycles. The lowest BCUT2D eigenvalue weighted by Crippen LogP contribution is -2.22. The minimum absolute atomic E-state index is 0.534. The van der Waals surface area contributed by atoms with Crippen molar-refractivity contribution in [3.05, 3.63) is 34.4 Å². The number of benzene rings is 1. The van der Waals surface area contributed by atoms with Gasteiger partial charge in [-0.05, 0) is 43.0 Å². The van der Waals surface area contributed by atoms with Crippen LogP contribution in [0, 0.1) is 20.8 Å². The van der Waals surface area contributed by atoms with Crippen molar-refractivity contribution >= 4 is 0 Å². The summed E-state index contributed by atoms with van der Waals surface area (Å²) in [5.41, 5.74) is 10.8. The SMILES string of the molecule is Cc1cc(C)c(CNCN)cc1C. The number of hydrogen-bond acceptors (Lipinski definition) is 2. The van der Waals surface area contributed by atoms with E-state index in [0.717, 1.165) is 6.54 Å². The molecule has 0 aliphatic rings. The first kappa shape index (κ1) is 10.2. The molecule has 0 fully saturated rings. The van der Waals surface area contributed by atoms with Gasteiger partial charge in [0.2, 0.25) is 0 Å². The van der Waals surface area contributed by atoms with Crippen LogP contribution in [-0.2, 0) is 6.54 Å². The van der Waals surface area contributed by atoms with E-state index >= 15 is 0 Å². The third-order valence-electron chi connectivity index (χ3n) is 2.41. The molecule has 0 aliphatic carbocycles. The van der Waals surface area contributed by atoms with E-state index in [2.05, 4.69) is 38.2 Å². The molecule has 0 unspecified atom stereocenters. The van der Waals surface area contributed by atoms with E-state index in [1.165, 1.54) is 22.3 Å². The molecule has 2 heteroatoms. The van der Waals surface area contributed by atoms with Gasteiger partial charge in [0, 0.05) is 13.2 Å². The maximum Gasteiger partial charge on any atom is 0.0431 e. The number of hydrogen-bond donors (Lipinski definition) is 2. The van der Waals surface area contributed by atoms with Crippen molar-refractivity contribution in [2.45, 2.75) is 27.3 Å². The molecule has 0 amide bonds. The summed E-state index contributed by atoms with van der Waals surface area (Å²) in [6.45, 7) is 7.82. The zero-order valence-corrected chi connectivity index (χ0v) is 8.65. The Bertz CT molecular complexity index is 292. The Labute approximate surface area is 80.1 Å². The lowest BCUT2D eigenvalue weighted by Gasteiger charge is -2.09. The molecule has 1 aromatic rings. The van der Waals surface area contributed by atoms with Crippen LogP contribution in [0.3, 0.4) is 0 Å². The van der Waals surface area contributed by atoms with Crippen LogP contribution >= 0.6 is 0 Å². The predicted octanol–water partition coefficient (Wildman–Crippen LogP) is 1.62. The van der Waals surface area contributed by atoms with Crippen LogP contribution in [0.4, 0.5) is 0 Å². The van der Waals surface area contributed by atoms with Crippen molar-refractivity contribution in [3.63, 3.8) is 0 Å². The normalized spacial score (nSPS) is 10.5. The van der Waals surface area contributed by atoms with Crippen LogP contribution in [-0.4, -0.2) is 6.67 Å². The summed E-state index contributed by atoms with van der Waals surface area (Å²) in [4.78, 5) is 0. The lowest BCUT2D eigenvalue weighted by molar-refractivity contribution is 0.705. The van der Waals surface area contributed by atoms with E-state index in [4.69, 9.17) is 5.73 Å². The van der Waals surface area contributed by atoms with Gasteiger partial charge in [0.25, 0.3) is 0 Å². The molecule has 0 aromatic heterocycles. The van der Waals surface area contributed by atoms with Gasteiger partial charge < -0.3 is 11.1 Å². The molecule has 1 rings (SSSR count). The van der Waals surface area contributed by atoms with Crippen LogP contribution in [0.15, 0.2) is 12.1 Å². The molecule has 2 nitrogen and oxygen atoms in total. The van der Waals surface area contributed by atoms with Crippen molar-refractivity contribution in [1.82, 2.24) is 5.32 Å². The Morgan fingerprint density at radius 1 is 1.08 bits per heavy atom. The zero-order valence-electron chi connectivity index (χ0n) is 8.65. The number of aryl methyl sites for hydroxylation is 3. The van der Waals surface area contributed by atoms with E-state index in [9.17, 15) is 0 Å². The van der Waals surface area contributed by atoms with Gasteiger partial charge in [-0.25, -0.2) is 0 Å². The molecule has 0 aliphatic heterocycles. The Balaban J connectivity index is 2.88. The summed E-state index contributed by atoms with van der Waals surface area (Å²) >= 11 is 0. The lowest BCUT2D eigenvalue weighted by atomic mass is 10.0. The number of rotatable bonds is 3. The molecule has 0 saturated heterocycles. The largest absolute Gasteiger partial charge is 0.318 e. The Kier molecular flexibility index (Phi) is 3.46. The van der Waals surface area contributed by atoms with Gasteiger partial charge in [0.1, 0.15) is 0 Å². The summed E-state index contributed by atoms with van der Waals surface area (Å²) < 4.78 is 0. The second-order valence-electron chi connectivity index (χ2n) is 3.49. The fraction of sp³-hybridized carbons (Fsp3) is 0.455. The minimum atomic E-state index is 0.534. The summed E-state index contributed by atoms with van der Waals surface area (Å²) in [5, 5.41) is 3.13. The second kappa shape index (κ2) is 4.40. The average molecular weight is 178 g/mol. The third kappa shape index (κ3) is 2.54. The number of nitrogens with two attached hydrogens (primary N) is 1. The van der Waals surface area contributed by atoms with Crippen molar-refractivity contribution in [2.24, 2.45) is 5.73 Å². The quantitative estimate of drug-likeness (QED) is 0.690. The highest BCUT2D eigenvalue weighted by atomic mass is 14.9. The van der Waals surface area contributed by atoms with Crippen molar-refractivity contribution in [2.75, 3.05) is 6.67 Å². The molecule has 1 aromatic carbocycles. The highest BCUT2D eigenvalue weighted by Crippen LogP contribution is 2.14. The Morgan fingerprint density at radius 3 is 2.31 bits per heavy atom. The van der Waals surface area contributed by atoms with Crippen LogP contribution in [0.1, 0.15) is 22.3 Å². The standard InChI is InChI=1S/C11H18N2/c1-8-4-10(3)11(5-9(8)2)6-13-7-12/h4-5,13H,6-7,12H2,1-3H3. The maximum atomic E-state index is 5.38. The van der Waals surface area contributed by atoms with Crippen molar-refractivity contribution in [3.8, 4) is 0 Å². The van der Waals surface area contributed by atoms with Crippen molar-refractivity contribution in [1.29, 1.82) is 0 Å². The Hall–Kier alpha value is -0.860. The first-order valence-electron chi connectivity index (χ1n) is 4.62. The highest BCUT2D eigenvalue weighted by molar-refractivity contribution is 5.36. The van der Waals surface area contributed by atoms with E-state index in [1.54, 1.807) is 0 Å². The molecule has 0 spiro atoms. The van der Waals surface area contributed by atoms with E-state index < -0.39 is 0 Å². The van der Waals surface area contributed by atoms with Crippen LogP contribution in [0.2, 0.25) is 0 Å². The second-order valence-corrected chi connectivity index (χ2v) is 3.49. The van der Waals surface area contributed by atoms with E-state index in [-0.39, 0.29) is 0 Å². The molecular formula is C11H18N2. The molecule has 3 N–H and O–H groups in total. The smallest absolute Gasteiger partial charge is 0.0431 e. The fourth-order valence-corrected chi connectivity index (χ4v) is 1.42. The summed E-state index contributed by atoms with van der Waals surface area (Å²) in [7, 11) is 0. The van der Waals surface area contributed by atoms with Gasteiger partial charge in [-0.1, -0.05) is 12.1 Å². The average Bonchev–Trinajstić information content (AvgIpc) is 2.09. The molecule has 72 valence electrons. The van der Waals surface area contributed by atoms with Gasteiger partial charge in [-0.3, -0.25) is 0 Å². The van der Waals surface area contributed by atoms with Crippen molar-refractivity contribution < 1.29 is 0 Å². The minimum Gasteiger partial charge on any atom is -0.318 e. The van der Waals surface area contributed by atoms with Gasteiger partial charge in [0.05, 0.1) is 0 Å². The fourth-order valence-electron chi connectivity index (χ4n) is 1.42. The topological polar surface area (TPSA) is 38.0 Å². The molecule has 13 heavy (non-hydrogen) atoms. The highest BCUT2D eigenvalue weighted by Gasteiger charge is 2.00. The number of nitrogens with one attached hydrogen (secondary N) is 1. The van der Waals surface area contributed by atoms with Gasteiger partial charge >= 0.3 is 0 Å². The Morgan fingerprint density at radius 2 is 1.69 bits per heavy atom. The summed E-state index contributed by atoms with van der Waals surface area (Å²) in [6, 6.07) is 4.45. The van der Waals surface area contributed by atoms with Gasteiger partial charge in [-0.15, -0.1) is 0 Å². The first-order valence-corrected chi connectivity index (χ1v) is 4.62. The summed E-state index contributed by atoms with van der Waals surface area (Å²) in [5.74, 6) is 0. The summed E-state index contributed by atoms with van der Waals surface area (Å²) in [6.07, 6.45) is 0. The molecule has 0 radical (unpaired) electrons. The van der Waals surface area contributed by atoms with Gasteiger partial charge in [-0.2, -0.15) is 0 Å². The predicted molar refractivity (Wildman–Crippen MR) is 56.5 cm³/mol. The van der Waals surface area contributed by atoms with E-state index in [0.29, 0.717) is 6.67 Å². The van der Waals surface area contributed by atoms with Crippen LogP contribution in [0.5, 0.6) is 0 Å². The van der Waals surface area contributed by atoms with Crippen LogP contribution < -0.4 is 11.1 Å². The van der Waals surface area contributed by atoms with Crippen LogP contribution in [0.25, 0.3) is 0 Å². The first-order chi connectivity index (χ1) is 6.15. The van der Waals surface area contributed by atoms with Gasteiger partial charge in [0.15, 0.2) is 0 Å². The monoisotopic (exact) mass is 178 g/mol.